The van der Waals surface area contributed by atoms with Gasteiger partial charge in [-0.3, -0.25) is 4.79 Å². The van der Waals surface area contributed by atoms with Crippen LogP contribution in [0, 0.1) is 20.7 Å². The number of hydrogen-bond donors (Lipinski definition) is 0. The second-order valence-electron chi connectivity index (χ2n) is 4.71. The first-order valence-electron chi connectivity index (χ1n) is 6.31. The van der Waals surface area contributed by atoms with Crippen LogP contribution in [0.3, 0.4) is 0 Å². The Morgan fingerprint density at radius 2 is 2.05 bits per heavy atom. The molecule has 1 aliphatic rings. The molecule has 21 heavy (non-hydrogen) atoms. The molecule has 5 heteroatoms. The Bertz CT molecular complexity index is 796. The highest BCUT2D eigenvalue weighted by molar-refractivity contribution is 14.1. The lowest BCUT2D eigenvalue weighted by atomic mass is 10.1. The predicted molar refractivity (Wildman–Crippen MR) is 83.0 cm³/mol. The molecule has 0 atom stereocenters. The SMILES string of the molecule is N#Cc1cc(F)cc(Oc2ccc(I)c3c2CCC3=O)c1. The van der Waals surface area contributed by atoms with Crippen LogP contribution < -0.4 is 4.74 Å². The van der Waals surface area contributed by atoms with Crippen LogP contribution in [0.4, 0.5) is 4.39 Å². The van der Waals surface area contributed by atoms with E-state index in [4.69, 9.17) is 10.00 Å². The number of carbonyl (C=O) groups excluding carboxylic acids is 1. The summed E-state index contributed by atoms with van der Waals surface area (Å²) >= 11 is 2.13. The maximum atomic E-state index is 13.4. The number of fused-ring (bicyclic) bond motifs is 1. The molecular weight excluding hydrogens is 384 g/mol. The third-order valence-electron chi connectivity index (χ3n) is 3.33. The van der Waals surface area contributed by atoms with E-state index in [1.165, 1.54) is 12.1 Å². The molecule has 0 saturated heterocycles. The predicted octanol–water partition coefficient (Wildman–Crippen LogP) is 4.22. The fourth-order valence-corrected chi connectivity index (χ4v) is 3.23. The molecule has 0 fully saturated rings. The number of halogens is 2. The van der Waals surface area contributed by atoms with Gasteiger partial charge in [-0.15, -0.1) is 0 Å². The molecule has 0 spiro atoms. The zero-order valence-corrected chi connectivity index (χ0v) is 13.0. The highest BCUT2D eigenvalue weighted by Gasteiger charge is 2.25. The van der Waals surface area contributed by atoms with Gasteiger partial charge in [0.25, 0.3) is 0 Å². The second kappa shape index (κ2) is 5.45. The fraction of sp³-hybridized carbons (Fsp3) is 0.125. The third kappa shape index (κ3) is 2.63. The maximum absolute atomic E-state index is 13.4. The number of rotatable bonds is 2. The first-order valence-corrected chi connectivity index (χ1v) is 7.39. The Kier molecular flexibility index (Phi) is 3.64. The van der Waals surface area contributed by atoms with Crippen LogP contribution in [0.2, 0.25) is 0 Å². The van der Waals surface area contributed by atoms with Crippen LogP contribution in [-0.4, -0.2) is 5.78 Å². The van der Waals surface area contributed by atoms with Gasteiger partial charge in [-0.05, 0) is 53.3 Å². The fourth-order valence-electron chi connectivity index (χ4n) is 2.42. The van der Waals surface area contributed by atoms with Gasteiger partial charge < -0.3 is 4.74 Å². The average molecular weight is 393 g/mol. The van der Waals surface area contributed by atoms with Crippen molar-refractivity contribution in [2.45, 2.75) is 12.8 Å². The van der Waals surface area contributed by atoms with E-state index >= 15 is 0 Å². The van der Waals surface area contributed by atoms with Gasteiger partial charge in [0, 0.05) is 27.2 Å². The summed E-state index contributed by atoms with van der Waals surface area (Å²) in [5, 5.41) is 8.86. The van der Waals surface area contributed by atoms with E-state index in [1.54, 1.807) is 6.07 Å². The lowest BCUT2D eigenvalue weighted by Gasteiger charge is -2.11. The molecule has 0 aromatic heterocycles. The molecule has 3 nitrogen and oxygen atoms in total. The first kappa shape index (κ1) is 14.0. The number of hydrogen-bond acceptors (Lipinski definition) is 3. The van der Waals surface area contributed by atoms with Crippen molar-refractivity contribution in [2.24, 2.45) is 0 Å². The van der Waals surface area contributed by atoms with Crippen molar-refractivity contribution in [1.82, 2.24) is 0 Å². The Balaban J connectivity index is 2.03. The van der Waals surface area contributed by atoms with Crippen LogP contribution in [0.15, 0.2) is 30.3 Å². The normalized spacial score (nSPS) is 12.9. The quantitative estimate of drug-likeness (QED) is 0.718. The largest absolute Gasteiger partial charge is 0.457 e. The first-order chi connectivity index (χ1) is 10.1. The average Bonchev–Trinajstić information content (AvgIpc) is 2.84. The van der Waals surface area contributed by atoms with Gasteiger partial charge in [-0.1, -0.05) is 0 Å². The van der Waals surface area contributed by atoms with Crippen LogP contribution in [0.5, 0.6) is 11.5 Å². The highest BCUT2D eigenvalue weighted by atomic mass is 127. The Morgan fingerprint density at radius 1 is 1.24 bits per heavy atom. The topological polar surface area (TPSA) is 50.1 Å². The summed E-state index contributed by atoms with van der Waals surface area (Å²) in [6.45, 7) is 0. The molecular formula is C16H9FINO2. The molecule has 0 saturated carbocycles. The molecule has 104 valence electrons. The van der Waals surface area contributed by atoms with Gasteiger partial charge in [-0.25, -0.2) is 4.39 Å². The lowest BCUT2D eigenvalue weighted by Crippen LogP contribution is -1.97. The van der Waals surface area contributed by atoms with Crippen molar-refractivity contribution in [1.29, 1.82) is 5.26 Å². The van der Waals surface area contributed by atoms with Gasteiger partial charge in [0.2, 0.25) is 0 Å². The summed E-state index contributed by atoms with van der Waals surface area (Å²) in [6, 6.07) is 9.32. The van der Waals surface area contributed by atoms with Crippen LogP contribution in [0.25, 0.3) is 0 Å². The van der Waals surface area contributed by atoms with Gasteiger partial charge >= 0.3 is 0 Å². The summed E-state index contributed by atoms with van der Waals surface area (Å²) in [5.74, 6) is 0.388. The summed E-state index contributed by atoms with van der Waals surface area (Å²) in [4.78, 5) is 11.9. The van der Waals surface area contributed by atoms with Crippen LogP contribution in [-0.2, 0) is 6.42 Å². The molecule has 1 aliphatic carbocycles. The summed E-state index contributed by atoms with van der Waals surface area (Å²) in [6.07, 6.45) is 1.10. The highest BCUT2D eigenvalue weighted by Crippen LogP contribution is 2.36. The Morgan fingerprint density at radius 3 is 2.81 bits per heavy atom. The van der Waals surface area contributed by atoms with Gasteiger partial charge in [0.05, 0.1) is 11.6 Å². The number of nitrogens with zero attached hydrogens (tertiary/aromatic N) is 1. The van der Waals surface area contributed by atoms with Crippen molar-refractivity contribution in [3.05, 3.63) is 56.4 Å². The Hall–Kier alpha value is -1.94. The van der Waals surface area contributed by atoms with Crippen LogP contribution >= 0.6 is 22.6 Å². The smallest absolute Gasteiger partial charge is 0.164 e. The number of ketones is 1. The summed E-state index contributed by atoms with van der Waals surface area (Å²) in [7, 11) is 0. The zero-order valence-electron chi connectivity index (χ0n) is 10.8. The van der Waals surface area contributed by atoms with Crippen molar-refractivity contribution in [2.75, 3.05) is 0 Å². The van der Waals surface area contributed by atoms with E-state index in [2.05, 4.69) is 22.6 Å². The standard InChI is InChI=1S/C16H9FINO2/c17-10-5-9(8-19)6-11(7-10)21-15-4-2-13(18)16-12(15)1-3-14(16)20/h2,4-7H,1,3H2. The van der Waals surface area contributed by atoms with E-state index in [-0.39, 0.29) is 17.1 Å². The molecule has 0 N–H and O–H groups in total. The van der Waals surface area contributed by atoms with E-state index in [0.717, 1.165) is 15.2 Å². The lowest BCUT2D eigenvalue weighted by molar-refractivity contribution is 0.0994. The van der Waals surface area contributed by atoms with Crippen molar-refractivity contribution < 1.29 is 13.9 Å². The molecule has 2 aromatic rings. The summed E-state index contributed by atoms with van der Waals surface area (Å²) in [5.41, 5.74) is 1.75. The third-order valence-corrected chi connectivity index (χ3v) is 4.23. The number of Topliss-reactive ketones (excluding diaryl/α,β-unsaturated/α-hetero) is 1. The molecule has 0 amide bonds. The molecule has 2 aromatic carbocycles. The number of benzene rings is 2. The van der Waals surface area contributed by atoms with Gasteiger partial charge in [-0.2, -0.15) is 5.26 Å². The van der Waals surface area contributed by atoms with Crippen molar-refractivity contribution >= 4 is 28.4 Å². The number of carbonyl (C=O) groups is 1. The second-order valence-corrected chi connectivity index (χ2v) is 5.87. The number of nitriles is 1. The van der Waals surface area contributed by atoms with Crippen LogP contribution in [0.1, 0.15) is 27.9 Å². The molecule has 3 rings (SSSR count). The molecule has 0 radical (unpaired) electrons. The number of ether oxygens (including phenoxy) is 1. The maximum Gasteiger partial charge on any atom is 0.164 e. The molecule has 0 aliphatic heterocycles. The molecule has 0 heterocycles. The van der Waals surface area contributed by atoms with Crippen molar-refractivity contribution in [3.63, 3.8) is 0 Å². The van der Waals surface area contributed by atoms with E-state index in [0.29, 0.717) is 24.2 Å². The molecule has 0 unspecified atom stereocenters. The Labute approximate surface area is 134 Å². The minimum atomic E-state index is -0.526. The van der Waals surface area contributed by atoms with Gasteiger partial charge in [0.1, 0.15) is 17.3 Å². The minimum absolute atomic E-state index is 0.108. The monoisotopic (exact) mass is 393 g/mol. The zero-order chi connectivity index (χ0) is 15.0. The minimum Gasteiger partial charge on any atom is -0.457 e. The van der Waals surface area contributed by atoms with E-state index < -0.39 is 5.82 Å². The molecule has 0 bridgehead atoms. The van der Waals surface area contributed by atoms with Gasteiger partial charge in [0.15, 0.2) is 5.78 Å². The summed E-state index contributed by atoms with van der Waals surface area (Å²) < 4.78 is 20.0. The van der Waals surface area contributed by atoms with Crippen molar-refractivity contribution in [3.8, 4) is 17.6 Å². The van der Waals surface area contributed by atoms with E-state index in [1.807, 2.05) is 12.1 Å². The van der Waals surface area contributed by atoms with E-state index in [9.17, 15) is 9.18 Å².